The first kappa shape index (κ1) is 12.0. The molecule has 0 amide bonds. The normalized spacial score (nSPS) is 17.8. The molecule has 0 aromatic heterocycles. The van der Waals surface area contributed by atoms with E-state index in [1.807, 2.05) is 0 Å². The van der Waals surface area contributed by atoms with E-state index < -0.39 is 0 Å². The van der Waals surface area contributed by atoms with Crippen molar-refractivity contribution >= 4 is 0 Å². The Morgan fingerprint density at radius 2 is 1.71 bits per heavy atom. The Hall–Kier alpha value is -0.0400. The van der Waals surface area contributed by atoms with Crippen molar-refractivity contribution < 1.29 is 0 Å². The summed E-state index contributed by atoms with van der Waals surface area (Å²) in [7, 11) is 0. The molecular weight excluding hydrogens is 170 g/mol. The van der Waals surface area contributed by atoms with Crippen molar-refractivity contribution in [2.75, 3.05) is 13.1 Å². The van der Waals surface area contributed by atoms with Crippen molar-refractivity contribution in [2.24, 2.45) is 5.92 Å². The van der Waals surface area contributed by atoms with E-state index in [1.165, 1.54) is 57.9 Å². The molecule has 0 spiro atoms. The second kappa shape index (κ2) is 8.28. The van der Waals surface area contributed by atoms with Gasteiger partial charge in [0, 0.05) is 0 Å². The van der Waals surface area contributed by atoms with E-state index in [-0.39, 0.29) is 0 Å². The van der Waals surface area contributed by atoms with Crippen molar-refractivity contribution in [1.82, 2.24) is 5.32 Å². The van der Waals surface area contributed by atoms with Crippen LogP contribution >= 0.6 is 0 Å². The maximum absolute atomic E-state index is 3.83. The molecule has 0 bridgehead atoms. The van der Waals surface area contributed by atoms with Crippen molar-refractivity contribution in [3.8, 4) is 0 Å². The van der Waals surface area contributed by atoms with Crippen LogP contribution in [0.15, 0.2) is 0 Å². The van der Waals surface area contributed by atoms with Crippen LogP contribution in [-0.4, -0.2) is 13.1 Å². The van der Waals surface area contributed by atoms with E-state index in [0.29, 0.717) is 0 Å². The average molecular weight is 196 g/mol. The van der Waals surface area contributed by atoms with Crippen LogP contribution in [0, 0.1) is 12.8 Å². The van der Waals surface area contributed by atoms with Crippen LogP contribution in [0.4, 0.5) is 0 Å². The Morgan fingerprint density at radius 1 is 1.00 bits per heavy atom. The predicted molar refractivity (Wildman–Crippen MR) is 63.3 cm³/mol. The van der Waals surface area contributed by atoms with Gasteiger partial charge in [-0.1, -0.05) is 51.9 Å². The van der Waals surface area contributed by atoms with Crippen LogP contribution < -0.4 is 5.32 Å². The fraction of sp³-hybridized carbons (Fsp3) is 0.923. The SMILES string of the molecule is [CH2]CCCNCCCCC1CCCC1. The number of rotatable bonds is 8. The molecule has 0 saturated heterocycles. The van der Waals surface area contributed by atoms with Gasteiger partial charge in [0.1, 0.15) is 0 Å². The van der Waals surface area contributed by atoms with Gasteiger partial charge >= 0.3 is 0 Å². The highest BCUT2D eigenvalue weighted by molar-refractivity contribution is 4.67. The first-order chi connectivity index (χ1) is 6.93. The average Bonchev–Trinajstić information content (AvgIpc) is 2.69. The molecule has 1 saturated carbocycles. The molecule has 1 radical (unpaired) electrons. The Kier molecular flexibility index (Phi) is 7.12. The summed E-state index contributed by atoms with van der Waals surface area (Å²) in [6.45, 7) is 6.21. The molecule has 0 aliphatic heterocycles. The molecule has 1 rings (SSSR count). The highest BCUT2D eigenvalue weighted by atomic mass is 14.8. The number of hydrogen-bond acceptors (Lipinski definition) is 1. The second-order valence-corrected chi connectivity index (χ2v) is 4.60. The first-order valence-corrected chi connectivity index (χ1v) is 6.43. The third kappa shape index (κ3) is 5.64. The van der Waals surface area contributed by atoms with Gasteiger partial charge in [-0.25, -0.2) is 0 Å². The predicted octanol–water partition coefficient (Wildman–Crippen LogP) is 3.55. The van der Waals surface area contributed by atoms with Crippen LogP contribution in [0.2, 0.25) is 0 Å². The van der Waals surface area contributed by atoms with Crippen LogP contribution in [-0.2, 0) is 0 Å². The molecule has 1 N–H and O–H groups in total. The lowest BCUT2D eigenvalue weighted by Gasteiger charge is -2.08. The van der Waals surface area contributed by atoms with Gasteiger partial charge in [0.25, 0.3) is 0 Å². The molecule has 0 heterocycles. The highest BCUT2D eigenvalue weighted by Crippen LogP contribution is 2.28. The van der Waals surface area contributed by atoms with Gasteiger partial charge in [0.2, 0.25) is 0 Å². The minimum atomic E-state index is 1.06. The number of hydrogen-bond donors (Lipinski definition) is 1. The van der Waals surface area contributed by atoms with E-state index in [9.17, 15) is 0 Å². The Bertz CT molecular complexity index is 116. The molecule has 14 heavy (non-hydrogen) atoms. The van der Waals surface area contributed by atoms with Crippen LogP contribution in [0.3, 0.4) is 0 Å². The zero-order valence-corrected chi connectivity index (χ0v) is 9.56. The van der Waals surface area contributed by atoms with Crippen LogP contribution in [0.25, 0.3) is 0 Å². The van der Waals surface area contributed by atoms with Crippen LogP contribution in [0.5, 0.6) is 0 Å². The maximum atomic E-state index is 3.83. The largest absolute Gasteiger partial charge is 0.317 e. The third-order valence-corrected chi connectivity index (χ3v) is 3.29. The molecule has 0 atom stereocenters. The molecule has 1 fully saturated rings. The smallest absolute Gasteiger partial charge is 0.00489 e. The van der Waals surface area contributed by atoms with Crippen molar-refractivity contribution in [1.29, 1.82) is 0 Å². The van der Waals surface area contributed by atoms with Gasteiger partial charge in [-0.15, -0.1) is 0 Å². The molecular formula is C13H26N. The second-order valence-electron chi connectivity index (χ2n) is 4.60. The van der Waals surface area contributed by atoms with Gasteiger partial charge in [-0.05, 0) is 31.8 Å². The summed E-state index contributed by atoms with van der Waals surface area (Å²) in [5.74, 6) is 1.08. The van der Waals surface area contributed by atoms with Crippen LogP contribution in [0.1, 0.15) is 57.8 Å². The lowest BCUT2D eigenvalue weighted by atomic mass is 10.0. The Labute approximate surface area is 89.7 Å². The van der Waals surface area contributed by atoms with E-state index in [2.05, 4.69) is 12.2 Å². The standard InChI is InChI=1S/C13H26N/c1-2-3-11-14-12-7-6-10-13-8-4-5-9-13/h13-14H,1-12H2. The fourth-order valence-corrected chi connectivity index (χ4v) is 2.36. The minimum Gasteiger partial charge on any atom is -0.317 e. The van der Waals surface area contributed by atoms with Crippen molar-refractivity contribution in [3.05, 3.63) is 6.92 Å². The fourth-order valence-electron chi connectivity index (χ4n) is 2.36. The van der Waals surface area contributed by atoms with Crippen molar-refractivity contribution in [2.45, 2.75) is 57.8 Å². The monoisotopic (exact) mass is 196 g/mol. The van der Waals surface area contributed by atoms with Gasteiger partial charge in [0.15, 0.2) is 0 Å². The molecule has 0 aromatic carbocycles. The molecule has 0 aromatic rings. The third-order valence-electron chi connectivity index (χ3n) is 3.29. The lowest BCUT2D eigenvalue weighted by Crippen LogP contribution is -2.16. The zero-order chi connectivity index (χ0) is 10.1. The van der Waals surface area contributed by atoms with Gasteiger partial charge < -0.3 is 5.32 Å². The summed E-state index contributed by atoms with van der Waals surface area (Å²) in [5.41, 5.74) is 0. The Morgan fingerprint density at radius 3 is 2.43 bits per heavy atom. The number of nitrogens with one attached hydrogen (secondary N) is 1. The quantitative estimate of drug-likeness (QED) is 0.585. The summed E-state index contributed by atoms with van der Waals surface area (Å²) in [5, 5.41) is 3.47. The minimum absolute atomic E-state index is 1.06. The molecule has 83 valence electrons. The number of unbranched alkanes of at least 4 members (excludes halogenated alkanes) is 2. The summed E-state index contributed by atoms with van der Waals surface area (Å²) in [6.07, 6.45) is 12.6. The summed E-state index contributed by atoms with van der Waals surface area (Å²) in [6, 6.07) is 0. The molecule has 0 unspecified atom stereocenters. The van der Waals surface area contributed by atoms with Gasteiger partial charge in [-0.3, -0.25) is 0 Å². The topological polar surface area (TPSA) is 12.0 Å². The van der Waals surface area contributed by atoms with Gasteiger partial charge in [0.05, 0.1) is 0 Å². The highest BCUT2D eigenvalue weighted by Gasteiger charge is 2.13. The van der Waals surface area contributed by atoms with Gasteiger partial charge in [-0.2, -0.15) is 0 Å². The molecule has 1 nitrogen and oxygen atoms in total. The van der Waals surface area contributed by atoms with E-state index in [1.54, 1.807) is 0 Å². The van der Waals surface area contributed by atoms with Crippen molar-refractivity contribution in [3.63, 3.8) is 0 Å². The lowest BCUT2D eigenvalue weighted by molar-refractivity contribution is 0.466. The van der Waals surface area contributed by atoms with E-state index in [4.69, 9.17) is 0 Å². The first-order valence-electron chi connectivity index (χ1n) is 6.43. The zero-order valence-electron chi connectivity index (χ0n) is 9.56. The molecule has 1 aliphatic carbocycles. The van der Waals surface area contributed by atoms with E-state index >= 15 is 0 Å². The Balaban J connectivity index is 1.75. The summed E-state index contributed by atoms with van der Waals surface area (Å²) in [4.78, 5) is 0. The molecule has 1 heteroatoms. The maximum Gasteiger partial charge on any atom is -0.00489 e. The summed E-state index contributed by atoms with van der Waals surface area (Å²) >= 11 is 0. The molecule has 1 aliphatic rings. The van der Waals surface area contributed by atoms with E-state index in [0.717, 1.165) is 18.9 Å². The summed E-state index contributed by atoms with van der Waals surface area (Å²) < 4.78 is 0.